The lowest BCUT2D eigenvalue weighted by molar-refractivity contribution is 0.593. The predicted octanol–water partition coefficient (Wildman–Crippen LogP) is 0.847. The van der Waals surface area contributed by atoms with Gasteiger partial charge in [0.2, 0.25) is 0 Å². The van der Waals surface area contributed by atoms with Crippen molar-refractivity contribution in [1.29, 1.82) is 0 Å². The molecule has 2 nitrogen and oxygen atoms in total. The third-order valence-corrected chi connectivity index (χ3v) is 1.91. The van der Waals surface area contributed by atoms with E-state index in [2.05, 4.69) is 11.4 Å². The Labute approximate surface area is 62.5 Å². The maximum Gasteiger partial charge on any atom is 0.0294 e. The van der Waals surface area contributed by atoms with E-state index < -0.39 is 0 Å². The van der Waals surface area contributed by atoms with Gasteiger partial charge in [-0.05, 0) is 38.8 Å². The minimum absolute atomic E-state index is 0.519. The lowest BCUT2D eigenvalue weighted by Crippen LogP contribution is -2.25. The van der Waals surface area contributed by atoms with E-state index in [-0.39, 0.29) is 0 Å². The molecule has 0 aromatic heterocycles. The van der Waals surface area contributed by atoms with Crippen LogP contribution in [0.1, 0.15) is 19.8 Å². The summed E-state index contributed by atoms with van der Waals surface area (Å²) < 4.78 is 0. The van der Waals surface area contributed by atoms with Gasteiger partial charge in [0.05, 0.1) is 0 Å². The number of nitrogens with two attached hydrogens (primary N) is 1. The molecule has 1 rings (SSSR count). The van der Waals surface area contributed by atoms with E-state index in [0.29, 0.717) is 6.04 Å². The van der Waals surface area contributed by atoms with E-state index in [4.69, 9.17) is 5.73 Å². The highest BCUT2D eigenvalue weighted by molar-refractivity contribution is 5.05. The highest BCUT2D eigenvalue weighted by atomic mass is 14.9. The van der Waals surface area contributed by atoms with Crippen molar-refractivity contribution in [3.8, 4) is 0 Å². The Kier molecular flexibility index (Phi) is 2.33. The number of nitrogens with one attached hydrogen (secondary N) is 1. The molecule has 2 heteroatoms. The zero-order chi connectivity index (χ0) is 7.56. The molecule has 10 heavy (non-hydrogen) atoms. The molecule has 0 aromatic rings. The molecule has 0 radical (unpaired) electrons. The van der Waals surface area contributed by atoms with E-state index in [1.54, 1.807) is 0 Å². The first kappa shape index (κ1) is 7.61. The molecular weight excluding hydrogens is 124 g/mol. The van der Waals surface area contributed by atoms with Crippen LogP contribution in [-0.2, 0) is 0 Å². The van der Waals surface area contributed by atoms with Crippen LogP contribution >= 0.6 is 0 Å². The number of hydrogen-bond acceptors (Lipinski definition) is 2. The van der Waals surface area contributed by atoms with Crippen molar-refractivity contribution in [2.75, 3.05) is 7.05 Å². The highest BCUT2D eigenvalue weighted by Crippen LogP contribution is 2.33. The predicted molar refractivity (Wildman–Crippen MR) is 43.5 cm³/mol. The molecule has 1 aliphatic rings. The van der Waals surface area contributed by atoms with Crippen molar-refractivity contribution in [2.45, 2.75) is 25.8 Å². The molecule has 0 aromatic carbocycles. The summed E-state index contributed by atoms with van der Waals surface area (Å²) in [6.45, 7) is 1.94. The second-order valence-electron chi connectivity index (χ2n) is 3.06. The van der Waals surface area contributed by atoms with Crippen LogP contribution in [0.5, 0.6) is 0 Å². The van der Waals surface area contributed by atoms with E-state index in [1.165, 1.54) is 12.8 Å². The lowest BCUT2D eigenvalue weighted by atomic mass is 10.1. The summed E-state index contributed by atoms with van der Waals surface area (Å²) in [5, 5.41) is 3.24. The van der Waals surface area contributed by atoms with Gasteiger partial charge in [-0.2, -0.15) is 0 Å². The standard InChI is InChI=1S/C8H16N2/c1-6(9)5-8(10-2)7-3-4-7/h5,7-8,10H,3-4,9H2,1-2H3/b6-5+. The van der Waals surface area contributed by atoms with Gasteiger partial charge in [-0.15, -0.1) is 0 Å². The van der Waals surface area contributed by atoms with Crippen LogP contribution in [0, 0.1) is 5.92 Å². The summed E-state index contributed by atoms with van der Waals surface area (Å²) in [6, 6.07) is 0.519. The molecule has 0 saturated heterocycles. The molecular formula is C8H16N2. The molecule has 0 amide bonds. The van der Waals surface area contributed by atoms with Crippen LogP contribution in [-0.4, -0.2) is 13.1 Å². The van der Waals surface area contributed by atoms with E-state index in [1.807, 2.05) is 14.0 Å². The van der Waals surface area contributed by atoms with Gasteiger partial charge in [0.15, 0.2) is 0 Å². The Morgan fingerprint density at radius 1 is 1.70 bits per heavy atom. The number of likely N-dealkylation sites (N-methyl/N-ethyl adjacent to an activating group) is 1. The van der Waals surface area contributed by atoms with E-state index in [9.17, 15) is 0 Å². The first-order valence-corrected chi connectivity index (χ1v) is 3.85. The van der Waals surface area contributed by atoms with Gasteiger partial charge >= 0.3 is 0 Å². The van der Waals surface area contributed by atoms with Crippen molar-refractivity contribution < 1.29 is 0 Å². The van der Waals surface area contributed by atoms with Crippen molar-refractivity contribution in [2.24, 2.45) is 11.7 Å². The minimum Gasteiger partial charge on any atom is -0.402 e. The third kappa shape index (κ3) is 2.03. The smallest absolute Gasteiger partial charge is 0.0294 e. The zero-order valence-electron chi connectivity index (χ0n) is 6.72. The van der Waals surface area contributed by atoms with Crippen LogP contribution in [0.2, 0.25) is 0 Å². The zero-order valence-corrected chi connectivity index (χ0v) is 6.72. The maximum absolute atomic E-state index is 5.56. The van der Waals surface area contributed by atoms with Crippen molar-refractivity contribution in [3.05, 3.63) is 11.8 Å². The van der Waals surface area contributed by atoms with Crippen LogP contribution in [0.4, 0.5) is 0 Å². The molecule has 1 atom stereocenters. The van der Waals surface area contributed by atoms with Crippen LogP contribution in [0.15, 0.2) is 11.8 Å². The quantitative estimate of drug-likeness (QED) is 0.610. The molecule has 1 saturated carbocycles. The Morgan fingerprint density at radius 2 is 2.30 bits per heavy atom. The Bertz CT molecular complexity index is 132. The summed E-state index contributed by atoms with van der Waals surface area (Å²) in [7, 11) is 1.99. The largest absolute Gasteiger partial charge is 0.402 e. The average Bonchev–Trinajstić information content (AvgIpc) is 2.63. The molecule has 0 heterocycles. The van der Waals surface area contributed by atoms with E-state index in [0.717, 1.165) is 11.6 Å². The third-order valence-electron chi connectivity index (χ3n) is 1.91. The summed E-state index contributed by atoms with van der Waals surface area (Å²) in [5.74, 6) is 0.850. The number of hydrogen-bond donors (Lipinski definition) is 2. The molecule has 0 aliphatic heterocycles. The number of allylic oxidation sites excluding steroid dienone is 1. The SMILES string of the molecule is CNC(/C=C(\C)N)C1CC1. The Balaban J connectivity index is 2.39. The highest BCUT2D eigenvalue weighted by Gasteiger charge is 2.28. The first-order chi connectivity index (χ1) is 4.74. The van der Waals surface area contributed by atoms with Gasteiger partial charge in [0.1, 0.15) is 0 Å². The summed E-state index contributed by atoms with van der Waals surface area (Å²) in [4.78, 5) is 0. The monoisotopic (exact) mass is 140 g/mol. The second kappa shape index (κ2) is 3.06. The molecule has 58 valence electrons. The van der Waals surface area contributed by atoms with Crippen LogP contribution in [0.25, 0.3) is 0 Å². The number of rotatable bonds is 3. The fourth-order valence-corrected chi connectivity index (χ4v) is 1.19. The molecule has 1 fully saturated rings. The Hall–Kier alpha value is -0.500. The van der Waals surface area contributed by atoms with Gasteiger partial charge in [-0.25, -0.2) is 0 Å². The lowest BCUT2D eigenvalue weighted by Gasteiger charge is -2.09. The maximum atomic E-state index is 5.56. The molecule has 1 unspecified atom stereocenters. The fraction of sp³-hybridized carbons (Fsp3) is 0.750. The topological polar surface area (TPSA) is 38.0 Å². The summed E-state index contributed by atoms with van der Waals surface area (Å²) in [5.41, 5.74) is 6.48. The minimum atomic E-state index is 0.519. The molecule has 0 bridgehead atoms. The average molecular weight is 140 g/mol. The fourth-order valence-electron chi connectivity index (χ4n) is 1.19. The van der Waals surface area contributed by atoms with Crippen molar-refractivity contribution in [1.82, 2.24) is 5.32 Å². The van der Waals surface area contributed by atoms with Gasteiger partial charge in [0, 0.05) is 11.7 Å². The van der Waals surface area contributed by atoms with E-state index >= 15 is 0 Å². The first-order valence-electron chi connectivity index (χ1n) is 3.85. The Morgan fingerprint density at radius 3 is 2.60 bits per heavy atom. The van der Waals surface area contributed by atoms with Gasteiger partial charge in [-0.1, -0.05) is 0 Å². The molecule has 3 N–H and O–H groups in total. The summed E-state index contributed by atoms with van der Waals surface area (Å²) in [6.07, 6.45) is 4.82. The van der Waals surface area contributed by atoms with Crippen LogP contribution in [0.3, 0.4) is 0 Å². The van der Waals surface area contributed by atoms with Crippen molar-refractivity contribution >= 4 is 0 Å². The summed E-state index contributed by atoms with van der Waals surface area (Å²) >= 11 is 0. The van der Waals surface area contributed by atoms with Crippen molar-refractivity contribution in [3.63, 3.8) is 0 Å². The van der Waals surface area contributed by atoms with Gasteiger partial charge in [0.25, 0.3) is 0 Å². The van der Waals surface area contributed by atoms with Crippen LogP contribution < -0.4 is 11.1 Å². The second-order valence-corrected chi connectivity index (χ2v) is 3.06. The normalized spacial score (nSPS) is 22.8. The molecule has 1 aliphatic carbocycles. The van der Waals surface area contributed by atoms with Gasteiger partial charge < -0.3 is 11.1 Å². The molecule has 0 spiro atoms. The van der Waals surface area contributed by atoms with Gasteiger partial charge in [-0.3, -0.25) is 0 Å².